The summed E-state index contributed by atoms with van der Waals surface area (Å²) in [7, 11) is 1.33. The van der Waals surface area contributed by atoms with Crippen molar-refractivity contribution >= 4 is 49.5 Å². The van der Waals surface area contributed by atoms with Gasteiger partial charge in [-0.1, -0.05) is 12.1 Å². The van der Waals surface area contributed by atoms with Gasteiger partial charge in [-0.3, -0.25) is 24.0 Å². The summed E-state index contributed by atoms with van der Waals surface area (Å²) in [6.07, 6.45) is 1.63. The lowest BCUT2D eigenvalue weighted by Crippen LogP contribution is -2.54. The number of aliphatic carboxylic acids is 2. The lowest BCUT2D eigenvalue weighted by Gasteiger charge is -2.20. The fourth-order valence-corrected chi connectivity index (χ4v) is 2.34. The number of carboxylic acid groups (broad SMARTS) is 2. The molecule has 1 aromatic carbocycles. The molecule has 4 amide bonds. The molecule has 0 aliphatic carbocycles. The minimum atomic E-state index is -1.25. The normalized spacial score (nSPS) is 12.4. The summed E-state index contributed by atoms with van der Waals surface area (Å²) < 4.78 is 0. The molecule has 0 aliphatic heterocycles. The molecule has 0 fully saturated rings. The van der Waals surface area contributed by atoms with Gasteiger partial charge in [-0.15, -0.1) is 0 Å². The average molecular weight is 446 g/mol. The summed E-state index contributed by atoms with van der Waals surface area (Å²) >= 11 is 0. The van der Waals surface area contributed by atoms with E-state index in [1.54, 1.807) is 0 Å². The van der Waals surface area contributed by atoms with E-state index in [0.29, 0.717) is 5.56 Å². The van der Waals surface area contributed by atoms with Gasteiger partial charge < -0.3 is 31.9 Å². The van der Waals surface area contributed by atoms with Gasteiger partial charge in [0.1, 0.15) is 13.9 Å². The van der Waals surface area contributed by atoms with Gasteiger partial charge in [-0.05, 0) is 30.2 Å². The number of nitrogens with two attached hydrogens (primary N) is 1. The molecule has 1 unspecified atom stereocenters. The smallest absolute Gasteiger partial charge is 0.328 e. The molecule has 170 valence electrons. The number of carboxylic acids is 2. The molecule has 2 atom stereocenters. The Kier molecular flexibility index (Phi) is 10.1. The van der Waals surface area contributed by atoms with E-state index in [2.05, 4.69) is 16.0 Å². The first-order valence-electron chi connectivity index (χ1n) is 9.39. The average Bonchev–Trinajstić information content (AvgIpc) is 2.73. The van der Waals surface area contributed by atoms with E-state index in [1.807, 2.05) is 0 Å². The van der Waals surface area contributed by atoms with Crippen LogP contribution in [0.4, 0.5) is 0 Å². The number of primary amides is 1. The van der Waals surface area contributed by atoms with Crippen LogP contribution in [-0.4, -0.2) is 72.2 Å². The molecule has 0 saturated carbocycles. The molecule has 0 radical (unpaired) electrons. The van der Waals surface area contributed by atoms with Gasteiger partial charge in [0.25, 0.3) is 5.91 Å². The third-order valence-corrected chi connectivity index (χ3v) is 4.08. The van der Waals surface area contributed by atoms with Crippen molar-refractivity contribution in [2.75, 3.05) is 6.54 Å². The van der Waals surface area contributed by atoms with Crippen LogP contribution in [0.15, 0.2) is 30.3 Å². The van der Waals surface area contributed by atoms with Crippen LogP contribution in [0, 0.1) is 0 Å². The summed E-state index contributed by atoms with van der Waals surface area (Å²) in [4.78, 5) is 69.0. The minimum absolute atomic E-state index is 0.209. The molecule has 1 aromatic rings. The van der Waals surface area contributed by atoms with Crippen LogP contribution in [0.5, 0.6) is 0 Å². The van der Waals surface area contributed by atoms with Crippen molar-refractivity contribution in [3.05, 3.63) is 41.5 Å². The molecule has 13 heteroatoms. The van der Waals surface area contributed by atoms with Crippen molar-refractivity contribution in [3.63, 3.8) is 0 Å². The summed E-state index contributed by atoms with van der Waals surface area (Å²) in [6.45, 7) is -0.498. The lowest BCUT2D eigenvalue weighted by molar-refractivity contribution is -0.138. The van der Waals surface area contributed by atoms with E-state index in [9.17, 15) is 28.8 Å². The van der Waals surface area contributed by atoms with Crippen LogP contribution in [-0.2, 0) is 24.0 Å². The fourth-order valence-electron chi connectivity index (χ4n) is 2.34. The van der Waals surface area contributed by atoms with E-state index >= 15 is 0 Å². The highest BCUT2D eigenvalue weighted by Crippen LogP contribution is 2.06. The molecule has 0 heterocycles. The van der Waals surface area contributed by atoms with Crippen LogP contribution in [0.3, 0.4) is 0 Å². The van der Waals surface area contributed by atoms with Crippen molar-refractivity contribution in [1.82, 2.24) is 16.0 Å². The molecule has 1 rings (SSSR count). The minimum Gasteiger partial charge on any atom is -0.481 e. The van der Waals surface area contributed by atoms with Crippen molar-refractivity contribution in [2.45, 2.75) is 24.8 Å². The first kappa shape index (κ1) is 25.9. The second-order valence-electron chi connectivity index (χ2n) is 6.66. The monoisotopic (exact) mass is 446 g/mol. The van der Waals surface area contributed by atoms with Gasteiger partial charge in [-0.2, -0.15) is 0 Å². The maximum atomic E-state index is 12.2. The Morgan fingerprint density at radius 1 is 1.03 bits per heavy atom. The highest BCUT2D eigenvalue weighted by Gasteiger charge is 2.24. The largest absolute Gasteiger partial charge is 0.481 e. The quantitative estimate of drug-likeness (QED) is 0.148. The third-order valence-electron chi connectivity index (χ3n) is 4.08. The van der Waals surface area contributed by atoms with Gasteiger partial charge in [0, 0.05) is 18.1 Å². The zero-order chi connectivity index (χ0) is 24.3. The van der Waals surface area contributed by atoms with Crippen LogP contribution in [0.2, 0.25) is 0 Å². The molecule has 0 aromatic heterocycles. The Labute approximate surface area is 183 Å². The number of nitrogens with one attached hydrogen (secondary N) is 3. The van der Waals surface area contributed by atoms with Crippen LogP contribution in [0.1, 0.15) is 28.8 Å². The molecular formula is C19H23BN4O8. The van der Waals surface area contributed by atoms with Crippen LogP contribution in [0.25, 0.3) is 6.08 Å². The highest BCUT2D eigenvalue weighted by molar-refractivity contribution is 6.24. The van der Waals surface area contributed by atoms with E-state index < -0.39 is 60.5 Å². The summed E-state index contributed by atoms with van der Waals surface area (Å²) in [6, 6.07) is 4.64. The van der Waals surface area contributed by atoms with Crippen molar-refractivity contribution in [3.8, 4) is 0 Å². The summed E-state index contributed by atoms with van der Waals surface area (Å²) in [5, 5.41) is 24.4. The molecule has 0 saturated heterocycles. The number of hydrogen-bond donors (Lipinski definition) is 6. The number of benzene rings is 1. The van der Waals surface area contributed by atoms with Crippen LogP contribution < -0.4 is 21.7 Å². The number of rotatable bonds is 12. The Hall–Kier alpha value is -4.16. The molecule has 0 spiro atoms. The topological polar surface area (TPSA) is 205 Å². The van der Waals surface area contributed by atoms with E-state index in [0.717, 1.165) is 6.08 Å². The molecular weight excluding hydrogens is 423 g/mol. The molecule has 7 N–H and O–H groups in total. The van der Waals surface area contributed by atoms with Gasteiger partial charge in [0.05, 0.1) is 12.5 Å². The van der Waals surface area contributed by atoms with Gasteiger partial charge >= 0.3 is 11.9 Å². The van der Waals surface area contributed by atoms with Crippen molar-refractivity contribution < 1.29 is 39.0 Å². The molecule has 0 bridgehead atoms. The van der Waals surface area contributed by atoms with E-state index in [1.165, 1.54) is 38.2 Å². The van der Waals surface area contributed by atoms with Crippen molar-refractivity contribution in [2.24, 2.45) is 5.73 Å². The first-order chi connectivity index (χ1) is 15.0. The van der Waals surface area contributed by atoms with E-state index in [4.69, 9.17) is 15.9 Å². The summed E-state index contributed by atoms with van der Waals surface area (Å²) in [5.41, 5.74) is 5.83. The number of carbonyl (C=O) groups excluding carboxylic acids is 4. The number of amides is 4. The predicted molar refractivity (Wildman–Crippen MR) is 114 cm³/mol. The number of hydrogen-bond acceptors (Lipinski definition) is 6. The highest BCUT2D eigenvalue weighted by atomic mass is 16.4. The second kappa shape index (κ2) is 12.5. The predicted octanol–water partition coefficient (Wildman–Crippen LogP) is -2.58. The van der Waals surface area contributed by atoms with Gasteiger partial charge in [0.15, 0.2) is 0 Å². The number of carbonyl (C=O) groups is 6. The second-order valence-corrected chi connectivity index (χ2v) is 6.66. The lowest BCUT2D eigenvalue weighted by atomic mass is 9.95. The Morgan fingerprint density at radius 2 is 1.66 bits per heavy atom. The zero-order valence-electron chi connectivity index (χ0n) is 17.2. The van der Waals surface area contributed by atoms with Crippen LogP contribution >= 0.6 is 0 Å². The van der Waals surface area contributed by atoms with Gasteiger partial charge in [0.2, 0.25) is 17.7 Å². The fraction of sp³-hybridized carbons (Fsp3) is 0.263. The molecule has 32 heavy (non-hydrogen) atoms. The van der Waals surface area contributed by atoms with Crippen molar-refractivity contribution in [1.29, 1.82) is 0 Å². The van der Waals surface area contributed by atoms with Gasteiger partial charge in [-0.25, -0.2) is 4.79 Å². The van der Waals surface area contributed by atoms with E-state index in [-0.39, 0.29) is 12.0 Å². The maximum Gasteiger partial charge on any atom is 0.328 e. The maximum absolute atomic E-state index is 12.2. The Balaban J connectivity index is 2.67. The standard InChI is InChI=1S/C19H23BN4O8/c20-16(17(21)30)24-19(32)12(6-8-15(28)29)23-13(25)9-22-18(31)11-4-1-10(2-5-11)3-7-14(26)27/h1-5,7,12,16H,6,8-9,20H2,(H2,21,30)(H,22,31)(H,23,25)(H,24,32)(H,26,27)(H,28,29)/b7-3+/t12-,16?/m0/s1. The zero-order valence-corrected chi connectivity index (χ0v) is 17.2. The SMILES string of the molecule is BC(NC(=O)[C@H](CCC(=O)O)NC(=O)CNC(=O)c1ccc(/C=C/C(=O)O)cc1)C(N)=O. The Bertz CT molecular complexity index is 916. The first-order valence-corrected chi connectivity index (χ1v) is 9.39. The molecule has 12 nitrogen and oxygen atoms in total. The third kappa shape index (κ3) is 9.56. The molecule has 0 aliphatic rings. The summed E-state index contributed by atoms with van der Waals surface area (Å²) in [5.74, 6) is -6.27. The Morgan fingerprint density at radius 3 is 2.19 bits per heavy atom.